The lowest BCUT2D eigenvalue weighted by atomic mass is 9.95. The third-order valence-corrected chi connectivity index (χ3v) is 4.10. The number of hydrogen-bond acceptors (Lipinski definition) is 3. The molecule has 1 aromatic carbocycles. The summed E-state index contributed by atoms with van der Waals surface area (Å²) in [6, 6.07) is 6.36. The fraction of sp³-hybridized carbons (Fsp3) is 0.316. The molecule has 0 atom stereocenters. The topological polar surface area (TPSA) is 68.2 Å². The van der Waals surface area contributed by atoms with Crippen LogP contribution in [0.15, 0.2) is 41.3 Å². The van der Waals surface area contributed by atoms with Gasteiger partial charge >= 0.3 is 6.18 Å². The van der Waals surface area contributed by atoms with Crippen molar-refractivity contribution >= 4 is 29.0 Å². The van der Waals surface area contributed by atoms with Gasteiger partial charge in [-0.15, -0.1) is 0 Å². The molecule has 0 unspecified atom stereocenters. The summed E-state index contributed by atoms with van der Waals surface area (Å²) in [4.78, 5) is 36.3. The zero-order chi connectivity index (χ0) is 21.3. The molecule has 0 fully saturated rings. The lowest BCUT2D eigenvalue weighted by molar-refractivity contribution is -0.138. The summed E-state index contributed by atoms with van der Waals surface area (Å²) >= 11 is 5.58. The van der Waals surface area contributed by atoms with E-state index in [1.807, 2.05) is 0 Å². The Kier molecular flexibility index (Phi) is 6.03. The molecule has 150 valence electrons. The summed E-state index contributed by atoms with van der Waals surface area (Å²) in [5.41, 5.74) is -1.97. The smallest absolute Gasteiger partial charge is 0.326 e. The molecule has 1 N–H and O–H groups in total. The summed E-state index contributed by atoms with van der Waals surface area (Å²) in [5, 5.41) is 2.07. The van der Waals surface area contributed by atoms with Gasteiger partial charge in [0.15, 0.2) is 5.78 Å². The number of carbonyl (C=O) groups is 2. The van der Waals surface area contributed by atoms with Crippen LogP contribution in [0.3, 0.4) is 0 Å². The van der Waals surface area contributed by atoms with E-state index in [1.54, 1.807) is 20.8 Å². The number of alkyl halides is 3. The first-order chi connectivity index (χ1) is 12.8. The molecule has 0 spiro atoms. The zero-order valence-electron chi connectivity index (χ0n) is 15.4. The largest absolute Gasteiger partial charge is 0.417 e. The Morgan fingerprint density at radius 2 is 1.68 bits per heavy atom. The molecule has 0 aliphatic rings. The van der Waals surface area contributed by atoms with Gasteiger partial charge in [0, 0.05) is 22.9 Å². The Morgan fingerprint density at radius 3 is 2.18 bits per heavy atom. The molecule has 0 radical (unpaired) electrons. The van der Waals surface area contributed by atoms with Crippen molar-refractivity contribution in [2.24, 2.45) is 5.41 Å². The molecule has 1 amide bonds. The molecule has 0 bridgehead atoms. The van der Waals surface area contributed by atoms with Crippen molar-refractivity contribution in [3.8, 4) is 0 Å². The average Bonchev–Trinajstić information content (AvgIpc) is 2.57. The third kappa shape index (κ3) is 5.22. The van der Waals surface area contributed by atoms with E-state index >= 15 is 0 Å². The highest BCUT2D eigenvalue weighted by molar-refractivity contribution is 6.30. The maximum atomic E-state index is 12.9. The summed E-state index contributed by atoms with van der Waals surface area (Å²) in [6.07, 6.45) is -4.14. The van der Waals surface area contributed by atoms with Gasteiger partial charge in [0.25, 0.3) is 5.56 Å². The molecule has 0 saturated carbocycles. The van der Waals surface area contributed by atoms with E-state index in [0.717, 1.165) is 0 Å². The first kappa shape index (κ1) is 21.7. The second-order valence-electron chi connectivity index (χ2n) is 7.21. The number of aromatic nitrogens is 1. The van der Waals surface area contributed by atoms with E-state index < -0.39 is 40.1 Å². The lowest BCUT2D eigenvalue weighted by Crippen LogP contribution is -2.27. The number of nitrogens with zero attached hydrogens (tertiary/aromatic N) is 1. The highest BCUT2D eigenvalue weighted by atomic mass is 35.5. The molecule has 2 rings (SSSR count). The van der Waals surface area contributed by atoms with Gasteiger partial charge < -0.3 is 9.88 Å². The summed E-state index contributed by atoms with van der Waals surface area (Å²) < 4.78 is 39.3. The summed E-state index contributed by atoms with van der Waals surface area (Å²) in [6.45, 7) is 4.64. The predicted octanol–water partition coefficient (Wildman–Crippen LogP) is 4.39. The monoisotopic (exact) mass is 414 g/mol. The van der Waals surface area contributed by atoms with Gasteiger partial charge in [0.2, 0.25) is 5.91 Å². The Labute approximate surface area is 164 Å². The van der Waals surface area contributed by atoms with Gasteiger partial charge in [0.1, 0.15) is 5.02 Å². The number of hydrogen-bond donors (Lipinski definition) is 1. The lowest BCUT2D eigenvalue weighted by Gasteiger charge is -2.17. The number of ketones is 1. The molecule has 5 nitrogen and oxygen atoms in total. The van der Waals surface area contributed by atoms with Gasteiger partial charge in [-0.05, 0) is 30.3 Å². The number of nitrogens with one attached hydrogen (secondary N) is 1. The highest BCUT2D eigenvalue weighted by Crippen LogP contribution is 2.29. The van der Waals surface area contributed by atoms with Gasteiger partial charge in [-0.1, -0.05) is 32.4 Å². The second-order valence-corrected chi connectivity index (χ2v) is 7.62. The summed E-state index contributed by atoms with van der Waals surface area (Å²) in [5.74, 6) is -0.789. The van der Waals surface area contributed by atoms with Crippen molar-refractivity contribution in [2.75, 3.05) is 5.32 Å². The molecule has 0 aliphatic carbocycles. The summed E-state index contributed by atoms with van der Waals surface area (Å²) in [7, 11) is 0. The van der Waals surface area contributed by atoms with Crippen LogP contribution in [0.1, 0.15) is 36.7 Å². The number of rotatable bonds is 4. The second kappa shape index (κ2) is 7.79. The van der Waals surface area contributed by atoms with E-state index in [1.165, 1.54) is 24.3 Å². The van der Waals surface area contributed by atoms with E-state index in [9.17, 15) is 27.6 Å². The quantitative estimate of drug-likeness (QED) is 0.754. The zero-order valence-corrected chi connectivity index (χ0v) is 16.1. The Hall–Kier alpha value is -2.61. The van der Waals surface area contributed by atoms with Crippen molar-refractivity contribution in [1.29, 1.82) is 0 Å². The van der Waals surface area contributed by atoms with Crippen LogP contribution < -0.4 is 10.9 Å². The van der Waals surface area contributed by atoms with E-state index in [4.69, 9.17) is 11.6 Å². The van der Waals surface area contributed by atoms with E-state index in [-0.39, 0.29) is 11.5 Å². The van der Waals surface area contributed by atoms with Crippen LogP contribution in [0, 0.1) is 5.41 Å². The van der Waals surface area contributed by atoms with Gasteiger partial charge in [-0.25, -0.2) is 0 Å². The van der Waals surface area contributed by atoms with Crippen LogP contribution in [0.25, 0.3) is 0 Å². The molecule has 0 saturated heterocycles. The Balaban J connectivity index is 2.21. The minimum absolute atomic E-state index is 0.175. The fourth-order valence-electron chi connectivity index (χ4n) is 2.18. The molecule has 28 heavy (non-hydrogen) atoms. The van der Waals surface area contributed by atoms with Crippen LogP contribution >= 0.6 is 11.6 Å². The van der Waals surface area contributed by atoms with Crippen molar-refractivity contribution in [3.63, 3.8) is 0 Å². The molecule has 9 heteroatoms. The highest BCUT2D eigenvalue weighted by Gasteiger charge is 2.32. The van der Waals surface area contributed by atoms with Crippen molar-refractivity contribution in [2.45, 2.75) is 33.5 Å². The molecule has 0 aliphatic heterocycles. The number of pyridine rings is 1. The number of halogens is 4. The maximum Gasteiger partial charge on any atom is 0.417 e. The van der Waals surface area contributed by atoms with E-state index in [0.29, 0.717) is 22.5 Å². The van der Waals surface area contributed by atoms with Gasteiger partial charge in [-0.3, -0.25) is 14.4 Å². The van der Waals surface area contributed by atoms with Crippen molar-refractivity contribution in [3.05, 3.63) is 63.0 Å². The number of carbonyl (C=O) groups excluding carboxylic acids is 2. The minimum atomic E-state index is -4.70. The van der Waals surface area contributed by atoms with Crippen molar-refractivity contribution < 1.29 is 22.8 Å². The van der Waals surface area contributed by atoms with E-state index in [2.05, 4.69) is 5.32 Å². The molecular weight excluding hydrogens is 397 g/mol. The fourth-order valence-corrected chi connectivity index (χ4v) is 2.40. The number of amides is 1. The SMILES string of the molecule is CC(C)(C)C(=O)Nc1ccc(C(=O)Cn2cc(C(F)(F)F)cc(Cl)c2=O)cc1. The predicted molar refractivity (Wildman–Crippen MR) is 99.6 cm³/mol. The molecular formula is C19H18ClF3N2O3. The number of benzene rings is 1. The molecule has 2 aromatic rings. The minimum Gasteiger partial charge on any atom is -0.326 e. The first-order valence-corrected chi connectivity index (χ1v) is 8.59. The van der Waals surface area contributed by atoms with Gasteiger partial charge in [0.05, 0.1) is 12.1 Å². The maximum absolute atomic E-state index is 12.9. The van der Waals surface area contributed by atoms with Crippen LogP contribution in [0.2, 0.25) is 5.02 Å². The third-order valence-electron chi connectivity index (χ3n) is 3.83. The van der Waals surface area contributed by atoms with Crippen LogP contribution in [-0.4, -0.2) is 16.3 Å². The number of anilines is 1. The van der Waals surface area contributed by atoms with Crippen LogP contribution in [0.5, 0.6) is 0 Å². The normalized spacial score (nSPS) is 12.0. The first-order valence-electron chi connectivity index (χ1n) is 8.21. The average molecular weight is 415 g/mol. The van der Waals surface area contributed by atoms with Gasteiger partial charge in [-0.2, -0.15) is 13.2 Å². The van der Waals surface area contributed by atoms with Crippen LogP contribution in [-0.2, 0) is 17.5 Å². The Morgan fingerprint density at radius 1 is 1.11 bits per heavy atom. The molecule has 1 heterocycles. The number of Topliss-reactive ketones (excluding diaryl/α,β-unsaturated/α-hetero) is 1. The van der Waals surface area contributed by atoms with Crippen molar-refractivity contribution in [1.82, 2.24) is 4.57 Å². The van der Waals surface area contributed by atoms with Crippen LogP contribution in [0.4, 0.5) is 18.9 Å². The Bertz CT molecular complexity index is 958. The standard InChI is InChI=1S/C19H18ClF3N2O3/c1-18(2,3)17(28)24-13-6-4-11(5-7-13)15(26)10-25-9-12(19(21,22)23)8-14(20)16(25)27/h4-9H,10H2,1-3H3,(H,24,28). The molecule has 1 aromatic heterocycles.